The monoisotopic (exact) mass is 445 g/mol. The summed E-state index contributed by atoms with van der Waals surface area (Å²) >= 11 is 0. The van der Waals surface area contributed by atoms with Crippen LogP contribution in [0.25, 0.3) is 27.8 Å². The highest BCUT2D eigenvalue weighted by atomic mass is 19.1. The third-order valence-corrected chi connectivity index (χ3v) is 5.85. The lowest BCUT2D eigenvalue weighted by Crippen LogP contribution is -2.22. The molecule has 0 bridgehead atoms. The first-order valence-corrected chi connectivity index (χ1v) is 11.2. The summed E-state index contributed by atoms with van der Waals surface area (Å²) in [4.78, 5) is 0. The summed E-state index contributed by atoms with van der Waals surface area (Å²) in [5, 5.41) is 21.9. The van der Waals surface area contributed by atoms with Gasteiger partial charge in [-0.05, 0) is 43.2 Å². The van der Waals surface area contributed by atoms with E-state index in [9.17, 15) is 4.39 Å². The minimum atomic E-state index is -0.552. The number of nitrogens with zero attached hydrogens (tertiary/aromatic N) is 5. The molecular weight excluding hydrogens is 417 g/mol. The van der Waals surface area contributed by atoms with Crippen molar-refractivity contribution in [3.63, 3.8) is 0 Å². The zero-order valence-corrected chi connectivity index (χ0v) is 18.9. The van der Waals surface area contributed by atoms with Crippen LogP contribution in [-0.2, 0) is 7.05 Å². The second-order valence-corrected chi connectivity index (χ2v) is 8.33. The number of benzene rings is 2. The van der Waals surface area contributed by atoms with Crippen LogP contribution in [0.5, 0.6) is 0 Å². The van der Waals surface area contributed by atoms with Crippen LogP contribution in [0.2, 0.25) is 0 Å². The Morgan fingerprint density at radius 3 is 2.52 bits per heavy atom. The van der Waals surface area contributed by atoms with Gasteiger partial charge in [-0.1, -0.05) is 25.3 Å². The first kappa shape index (κ1) is 22.5. The van der Waals surface area contributed by atoms with E-state index in [0.29, 0.717) is 23.1 Å². The fourth-order valence-electron chi connectivity index (χ4n) is 4.06. The van der Waals surface area contributed by atoms with Crippen LogP contribution in [-0.4, -0.2) is 32.7 Å². The van der Waals surface area contributed by atoms with Crippen LogP contribution < -0.4 is 11.1 Å². The number of aromatic nitrogens is 4. The number of hydrogen-bond donors (Lipinski definition) is 2. The fraction of sp³-hybridized carbons (Fsp3) is 0.320. The van der Waals surface area contributed by atoms with Gasteiger partial charge < -0.3 is 11.1 Å². The van der Waals surface area contributed by atoms with E-state index in [1.165, 1.54) is 44.2 Å². The summed E-state index contributed by atoms with van der Waals surface area (Å²) in [6.45, 7) is 0. The molecule has 0 radical (unpaired) electrons. The van der Waals surface area contributed by atoms with Crippen molar-refractivity contribution in [2.45, 2.75) is 38.1 Å². The number of anilines is 1. The zero-order chi connectivity index (χ0) is 23.4. The van der Waals surface area contributed by atoms with Crippen molar-refractivity contribution >= 4 is 16.7 Å². The second-order valence-electron chi connectivity index (χ2n) is 8.33. The van der Waals surface area contributed by atoms with Gasteiger partial charge in [-0.25, -0.2) is 9.07 Å². The van der Waals surface area contributed by atoms with Gasteiger partial charge in [0, 0.05) is 43.4 Å². The number of hydrogen-bond acceptors (Lipinski definition) is 5. The van der Waals surface area contributed by atoms with E-state index in [4.69, 9.17) is 11.0 Å². The van der Waals surface area contributed by atoms with E-state index in [2.05, 4.69) is 15.5 Å². The maximum Gasteiger partial charge on any atom is 0.148 e. The van der Waals surface area contributed by atoms with Gasteiger partial charge in [0.25, 0.3) is 0 Å². The van der Waals surface area contributed by atoms with E-state index < -0.39 is 5.82 Å². The van der Waals surface area contributed by atoms with E-state index in [1.807, 2.05) is 43.6 Å². The summed E-state index contributed by atoms with van der Waals surface area (Å²) in [6, 6.07) is 14.6. The molecule has 0 amide bonds. The third-order valence-electron chi connectivity index (χ3n) is 5.85. The minimum Gasteiger partial charge on any atom is -0.372 e. The Morgan fingerprint density at radius 1 is 1.09 bits per heavy atom. The summed E-state index contributed by atoms with van der Waals surface area (Å²) < 4.78 is 17.6. The Hall–Kier alpha value is -3.70. The molecule has 7 nitrogen and oxygen atoms in total. The van der Waals surface area contributed by atoms with E-state index in [-0.39, 0.29) is 5.56 Å². The Labute approximate surface area is 192 Å². The first-order valence-electron chi connectivity index (χ1n) is 11.2. The van der Waals surface area contributed by atoms with Crippen molar-refractivity contribution < 1.29 is 4.39 Å². The van der Waals surface area contributed by atoms with Gasteiger partial charge in [-0.15, -0.1) is 5.10 Å². The molecule has 8 heteroatoms. The van der Waals surface area contributed by atoms with Gasteiger partial charge in [-0.2, -0.15) is 10.4 Å². The molecule has 0 aliphatic heterocycles. The molecule has 170 valence electrons. The summed E-state index contributed by atoms with van der Waals surface area (Å²) in [5.41, 5.74) is 8.67. The normalized spacial score (nSPS) is 13.9. The van der Waals surface area contributed by atoms with Gasteiger partial charge in [0.1, 0.15) is 17.7 Å². The zero-order valence-electron chi connectivity index (χ0n) is 18.9. The quantitative estimate of drug-likeness (QED) is 0.474. The van der Waals surface area contributed by atoms with Crippen LogP contribution >= 0.6 is 0 Å². The number of aryl methyl sites for hydroxylation is 1. The predicted molar refractivity (Wildman–Crippen MR) is 129 cm³/mol. The predicted octanol–water partition coefficient (Wildman–Crippen LogP) is 4.76. The fourth-order valence-corrected chi connectivity index (χ4v) is 4.06. The van der Waals surface area contributed by atoms with Crippen molar-refractivity contribution in [1.29, 1.82) is 5.26 Å². The smallest absolute Gasteiger partial charge is 0.148 e. The topological polar surface area (TPSA) is 97.5 Å². The minimum absolute atomic E-state index is 0.0172. The maximum atomic E-state index is 14.1. The highest BCUT2D eigenvalue weighted by Gasteiger charge is 2.14. The molecule has 33 heavy (non-hydrogen) atoms. The summed E-state index contributed by atoms with van der Waals surface area (Å²) in [6.07, 6.45) is 8.61. The Morgan fingerprint density at radius 2 is 1.88 bits per heavy atom. The van der Waals surface area contributed by atoms with Gasteiger partial charge in [0.2, 0.25) is 0 Å². The molecule has 0 atom stereocenters. The molecule has 3 N–H and O–H groups in total. The average molecular weight is 446 g/mol. The standard InChI is InChI=1S/C19H15FN6.C6H13N/c1-22-19-9-18(12-3-4-13(10-21)16(20)7-12)26(24-19)15-6-5-14-11-25(2)23-17(14)8-15;7-6-4-2-1-3-5-6/h3-9,11H,1-2H3,(H,22,24);6H,1-5,7H2. The van der Waals surface area contributed by atoms with Crippen molar-refractivity contribution in [3.8, 4) is 23.0 Å². The van der Waals surface area contributed by atoms with Gasteiger partial charge in [-0.3, -0.25) is 4.68 Å². The highest BCUT2D eigenvalue weighted by molar-refractivity contribution is 5.81. The van der Waals surface area contributed by atoms with Gasteiger partial charge in [0.05, 0.1) is 22.5 Å². The van der Waals surface area contributed by atoms with Crippen LogP contribution in [0.4, 0.5) is 10.2 Å². The lowest BCUT2D eigenvalue weighted by molar-refractivity contribution is 0.441. The molecule has 1 aliphatic rings. The van der Waals surface area contributed by atoms with Crippen LogP contribution in [0.3, 0.4) is 0 Å². The largest absolute Gasteiger partial charge is 0.372 e. The number of nitrogens with two attached hydrogens (primary N) is 1. The number of rotatable bonds is 3. The second kappa shape index (κ2) is 9.84. The molecule has 0 spiro atoms. The maximum absolute atomic E-state index is 14.1. The number of fused-ring (bicyclic) bond motifs is 1. The van der Waals surface area contributed by atoms with Crippen molar-refractivity contribution in [1.82, 2.24) is 19.6 Å². The third kappa shape index (κ3) is 5.04. The Kier molecular flexibility index (Phi) is 6.71. The molecule has 1 saturated carbocycles. The van der Waals surface area contributed by atoms with Gasteiger partial charge in [0.15, 0.2) is 0 Å². The van der Waals surface area contributed by atoms with E-state index in [0.717, 1.165) is 16.6 Å². The molecule has 0 unspecified atom stereocenters. The Bertz CT molecular complexity index is 1290. The molecule has 4 aromatic rings. The average Bonchev–Trinajstić information content (AvgIpc) is 3.42. The lowest BCUT2D eigenvalue weighted by Gasteiger charge is -2.15. The molecule has 1 fully saturated rings. The van der Waals surface area contributed by atoms with Crippen LogP contribution in [0.15, 0.2) is 48.7 Å². The molecule has 2 aromatic heterocycles. The van der Waals surface area contributed by atoms with Crippen molar-refractivity contribution in [3.05, 3.63) is 60.0 Å². The van der Waals surface area contributed by atoms with Crippen molar-refractivity contribution in [2.75, 3.05) is 12.4 Å². The van der Waals surface area contributed by atoms with Crippen LogP contribution in [0, 0.1) is 17.1 Å². The molecular formula is C25H28FN7. The number of nitrogens with one attached hydrogen (secondary N) is 1. The van der Waals surface area contributed by atoms with Crippen LogP contribution in [0.1, 0.15) is 37.7 Å². The van der Waals surface area contributed by atoms with Gasteiger partial charge >= 0.3 is 0 Å². The summed E-state index contributed by atoms with van der Waals surface area (Å²) in [5.74, 6) is 0.106. The lowest BCUT2D eigenvalue weighted by atomic mass is 9.97. The molecule has 0 saturated heterocycles. The summed E-state index contributed by atoms with van der Waals surface area (Å²) in [7, 11) is 3.65. The highest BCUT2D eigenvalue weighted by Crippen LogP contribution is 2.28. The molecule has 2 aromatic carbocycles. The molecule has 2 heterocycles. The molecule has 5 rings (SSSR count). The number of nitriles is 1. The Balaban J connectivity index is 0.000000318. The SMILES string of the molecule is CNc1cc(-c2ccc(C#N)c(F)c2)n(-c2ccc3cn(C)nc3c2)n1.NC1CCCCC1. The molecule has 1 aliphatic carbocycles. The van der Waals surface area contributed by atoms with E-state index >= 15 is 0 Å². The van der Waals surface area contributed by atoms with Crippen molar-refractivity contribution in [2.24, 2.45) is 12.8 Å². The van der Waals surface area contributed by atoms with E-state index in [1.54, 1.807) is 22.5 Å². The first-order chi connectivity index (χ1) is 16.0. The number of halogens is 1.